The van der Waals surface area contributed by atoms with Crippen molar-refractivity contribution in [2.24, 2.45) is 0 Å². The van der Waals surface area contributed by atoms with Crippen LogP contribution in [0.15, 0.2) is 35.7 Å². The molecule has 1 aromatic heterocycles. The first-order valence-electron chi connectivity index (χ1n) is 5.86. The van der Waals surface area contributed by atoms with E-state index in [9.17, 15) is 0 Å². The minimum Gasteiger partial charge on any atom is -0.345 e. The van der Waals surface area contributed by atoms with E-state index >= 15 is 0 Å². The van der Waals surface area contributed by atoms with Gasteiger partial charge in [0, 0.05) is 5.02 Å². The van der Waals surface area contributed by atoms with Crippen molar-refractivity contribution in [1.29, 1.82) is 0 Å². The molecule has 18 heavy (non-hydrogen) atoms. The van der Waals surface area contributed by atoms with Crippen molar-refractivity contribution in [3.63, 3.8) is 0 Å². The predicted octanol–water partition coefficient (Wildman–Crippen LogP) is 4.04. The van der Waals surface area contributed by atoms with E-state index in [2.05, 4.69) is 17.5 Å². The summed E-state index contributed by atoms with van der Waals surface area (Å²) in [6, 6.07) is 10.1. The first-order valence-corrected chi connectivity index (χ1v) is 7.12. The Labute approximate surface area is 115 Å². The summed E-state index contributed by atoms with van der Waals surface area (Å²) in [7, 11) is 0. The maximum Gasteiger partial charge on any atom is 0.193 e. The molecule has 0 bridgehead atoms. The third-order valence-electron chi connectivity index (χ3n) is 2.83. The quantitative estimate of drug-likeness (QED) is 0.845. The average molecular weight is 281 g/mol. The van der Waals surface area contributed by atoms with E-state index < -0.39 is 0 Å². The Bertz CT molecular complexity index is 532. The summed E-state index contributed by atoms with van der Waals surface area (Å²) in [6.45, 7) is 1.37. The molecular formula is C14H13ClO2S. The largest absolute Gasteiger partial charge is 0.345 e. The van der Waals surface area contributed by atoms with Crippen LogP contribution in [0.4, 0.5) is 0 Å². The molecule has 1 aliphatic rings. The van der Waals surface area contributed by atoms with Gasteiger partial charge in [-0.1, -0.05) is 23.7 Å². The normalized spacial score (nSPS) is 16.3. The van der Waals surface area contributed by atoms with Gasteiger partial charge in [0.1, 0.15) is 0 Å². The Morgan fingerprint density at radius 2 is 2.00 bits per heavy atom. The van der Waals surface area contributed by atoms with Crippen molar-refractivity contribution in [2.45, 2.75) is 12.7 Å². The molecule has 1 saturated heterocycles. The molecule has 4 heteroatoms. The van der Waals surface area contributed by atoms with Gasteiger partial charge in [0.2, 0.25) is 0 Å². The van der Waals surface area contributed by atoms with E-state index in [0.29, 0.717) is 13.2 Å². The van der Waals surface area contributed by atoms with Gasteiger partial charge >= 0.3 is 0 Å². The number of halogens is 1. The lowest BCUT2D eigenvalue weighted by Crippen LogP contribution is -1.94. The van der Waals surface area contributed by atoms with E-state index in [1.165, 1.54) is 11.1 Å². The first-order chi connectivity index (χ1) is 8.81. The zero-order valence-electron chi connectivity index (χ0n) is 9.77. The molecule has 2 aromatic rings. The summed E-state index contributed by atoms with van der Waals surface area (Å²) in [5.41, 5.74) is 2.50. The number of ether oxygens (including phenoxy) is 2. The van der Waals surface area contributed by atoms with E-state index in [-0.39, 0.29) is 6.29 Å². The van der Waals surface area contributed by atoms with Gasteiger partial charge in [-0.3, -0.25) is 0 Å². The van der Waals surface area contributed by atoms with Gasteiger partial charge in [0.25, 0.3) is 0 Å². The fourth-order valence-corrected chi connectivity index (χ4v) is 3.13. The molecule has 0 radical (unpaired) electrons. The molecule has 3 rings (SSSR count). The monoisotopic (exact) mass is 280 g/mol. The number of hydrogen-bond donors (Lipinski definition) is 0. The minimum atomic E-state index is -0.164. The lowest BCUT2D eigenvalue weighted by molar-refractivity contribution is -0.0413. The Morgan fingerprint density at radius 3 is 2.78 bits per heavy atom. The van der Waals surface area contributed by atoms with Gasteiger partial charge in [0.15, 0.2) is 6.29 Å². The van der Waals surface area contributed by atoms with Gasteiger partial charge in [-0.15, -0.1) is 11.3 Å². The molecule has 0 amide bonds. The van der Waals surface area contributed by atoms with Crippen molar-refractivity contribution >= 4 is 22.9 Å². The lowest BCUT2D eigenvalue weighted by Gasteiger charge is -2.04. The highest BCUT2D eigenvalue weighted by Gasteiger charge is 2.19. The standard InChI is InChI=1S/C14H13ClO2S/c15-12-3-1-2-10(7-12)6-11-8-13(18-9-11)14-16-4-5-17-14/h1-3,7-9,14H,4-6H2. The number of rotatable bonds is 3. The highest BCUT2D eigenvalue weighted by molar-refractivity contribution is 7.10. The van der Waals surface area contributed by atoms with Crippen LogP contribution in [0.25, 0.3) is 0 Å². The average Bonchev–Trinajstić information content (AvgIpc) is 2.98. The molecule has 0 N–H and O–H groups in total. The van der Waals surface area contributed by atoms with Gasteiger partial charge in [-0.05, 0) is 41.1 Å². The summed E-state index contributed by atoms with van der Waals surface area (Å²) in [5, 5.41) is 2.94. The predicted molar refractivity (Wildman–Crippen MR) is 73.2 cm³/mol. The highest BCUT2D eigenvalue weighted by Crippen LogP contribution is 2.29. The molecule has 2 heterocycles. The summed E-state index contributed by atoms with van der Waals surface area (Å²) in [4.78, 5) is 1.14. The second-order valence-corrected chi connectivity index (χ2v) is 5.62. The fourth-order valence-electron chi connectivity index (χ4n) is 2.02. The van der Waals surface area contributed by atoms with Crippen molar-refractivity contribution in [3.8, 4) is 0 Å². The second kappa shape index (κ2) is 5.41. The Kier molecular flexibility index (Phi) is 3.66. The van der Waals surface area contributed by atoms with Crippen molar-refractivity contribution in [3.05, 3.63) is 56.7 Å². The molecule has 1 aliphatic heterocycles. The van der Waals surface area contributed by atoms with Gasteiger partial charge in [-0.2, -0.15) is 0 Å². The van der Waals surface area contributed by atoms with Crippen molar-refractivity contribution in [1.82, 2.24) is 0 Å². The van der Waals surface area contributed by atoms with Gasteiger partial charge in [-0.25, -0.2) is 0 Å². The number of thiophene rings is 1. The minimum absolute atomic E-state index is 0.164. The van der Waals surface area contributed by atoms with Crippen molar-refractivity contribution in [2.75, 3.05) is 13.2 Å². The van der Waals surface area contributed by atoms with E-state index in [0.717, 1.165) is 16.3 Å². The Hall–Kier alpha value is -0.870. The molecule has 1 aromatic carbocycles. The van der Waals surface area contributed by atoms with Crippen LogP contribution in [0.2, 0.25) is 5.02 Å². The van der Waals surface area contributed by atoms with E-state index in [1.807, 2.05) is 18.2 Å². The van der Waals surface area contributed by atoms with Crippen LogP contribution >= 0.6 is 22.9 Å². The molecule has 2 nitrogen and oxygen atoms in total. The number of benzene rings is 1. The first kappa shape index (κ1) is 12.2. The fraction of sp³-hybridized carbons (Fsp3) is 0.286. The molecule has 0 saturated carbocycles. The van der Waals surface area contributed by atoms with Crippen molar-refractivity contribution < 1.29 is 9.47 Å². The molecule has 0 atom stereocenters. The molecule has 0 aliphatic carbocycles. The van der Waals surface area contributed by atoms with Gasteiger partial charge < -0.3 is 9.47 Å². The van der Waals surface area contributed by atoms with Gasteiger partial charge in [0.05, 0.1) is 18.1 Å². The molecule has 1 fully saturated rings. The maximum atomic E-state index is 5.98. The molecular weight excluding hydrogens is 268 g/mol. The molecule has 0 spiro atoms. The highest BCUT2D eigenvalue weighted by atomic mass is 35.5. The van der Waals surface area contributed by atoms with Crippen LogP contribution in [0.3, 0.4) is 0 Å². The Morgan fingerprint density at radius 1 is 1.17 bits per heavy atom. The lowest BCUT2D eigenvalue weighted by atomic mass is 10.1. The topological polar surface area (TPSA) is 18.5 Å². The molecule has 94 valence electrons. The second-order valence-electron chi connectivity index (χ2n) is 4.24. The zero-order valence-corrected chi connectivity index (χ0v) is 11.3. The third kappa shape index (κ3) is 2.75. The Balaban J connectivity index is 1.73. The van der Waals surface area contributed by atoms with E-state index in [1.54, 1.807) is 11.3 Å². The SMILES string of the molecule is Clc1cccc(Cc2csc(C3OCCO3)c2)c1. The van der Waals surface area contributed by atoms with Crippen LogP contribution in [0.1, 0.15) is 22.3 Å². The smallest absolute Gasteiger partial charge is 0.193 e. The van der Waals surface area contributed by atoms with Crippen LogP contribution < -0.4 is 0 Å². The maximum absolute atomic E-state index is 5.98. The van der Waals surface area contributed by atoms with Crippen LogP contribution in [0.5, 0.6) is 0 Å². The van der Waals surface area contributed by atoms with E-state index in [4.69, 9.17) is 21.1 Å². The summed E-state index contributed by atoms with van der Waals surface area (Å²) < 4.78 is 11.0. The van der Waals surface area contributed by atoms with Crippen LogP contribution in [-0.2, 0) is 15.9 Å². The summed E-state index contributed by atoms with van der Waals surface area (Å²) >= 11 is 7.67. The van der Waals surface area contributed by atoms with Crippen LogP contribution in [0, 0.1) is 0 Å². The third-order valence-corrected chi connectivity index (χ3v) is 4.06. The summed E-state index contributed by atoms with van der Waals surface area (Å²) in [5.74, 6) is 0. The van der Waals surface area contributed by atoms with Crippen LogP contribution in [-0.4, -0.2) is 13.2 Å². The summed E-state index contributed by atoms with van der Waals surface area (Å²) in [6.07, 6.45) is 0.729. The molecule has 0 unspecified atom stereocenters. The number of hydrogen-bond acceptors (Lipinski definition) is 3. The zero-order chi connectivity index (χ0) is 12.4.